The van der Waals surface area contributed by atoms with Crippen molar-refractivity contribution >= 4 is 12.1 Å². The van der Waals surface area contributed by atoms with Crippen LogP contribution in [0.2, 0.25) is 0 Å². The summed E-state index contributed by atoms with van der Waals surface area (Å²) in [6, 6.07) is -0.411. The highest BCUT2D eigenvalue weighted by molar-refractivity contribution is 5.74. The number of carbonyl (C=O) groups excluding carboxylic acids is 1. The van der Waals surface area contributed by atoms with Crippen LogP contribution in [0.25, 0.3) is 0 Å². The molecule has 0 bridgehead atoms. The molecule has 0 aliphatic heterocycles. The second-order valence-corrected chi connectivity index (χ2v) is 6.19. The Hall–Kier alpha value is -1.30. The number of aliphatic carboxylic acids is 1. The van der Waals surface area contributed by atoms with E-state index in [9.17, 15) is 9.59 Å². The van der Waals surface area contributed by atoms with Gasteiger partial charge in [-0.3, -0.25) is 4.79 Å². The van der Waals surface area contributed by atoms with E-state index in [2.05, 4.69) is 5.32 Å². The molecular formula is C13H25NO5. The van der Waals surface area contributed by atoms with Crippen LogP contribution in [-0.4, -0.2) is 42.5 Å². The molecule has 0 saturated carbocycles. The minimum absolute atomic E-state index is 0.232. The number of carboxylic acids is 1. The summed E-state index contributed by atoms with van der Waals surface area (Å²) in [5, 5.41) is 11.7. The largest absolute Gasteiger partial charge is 0.481 e. The molecule has 0 aliphatic rings. The molecule has 0 heterocycles. The van der Waals surface area contributed by atoms with Crippen LogP contribution in [0.15, 0.2) is 0 Å². The van der Waals surface area contributed by atoms with E-state index in [4.69, 9.17) is 14.6 Å². The van der Waals surface area contributed by atoms with Gasteiger partial charge in [0.1, 0.15) is 5.60 Å². The molecule has 0 aliphatic carbocycles. The van der Waals surface area contributed by atoms with Gasteiger partial charge in [-0.15, -0.1) is 0 Å². The standard InChI is InChI=1S/C13H25NO5/c1-12(2,3)19-11(17)14-9(8-18-6)7-13(4,5)10(15)16/h9H,7-8H2,1-6H3,(H,14,17)(H,15,16)/t9-/m1/s1. The Labute approximate surface area is 114 Å². The summed E-state index contributed by atoms with van der Waals surface area (Å²) in [6.07, 6.45) is -0.314. The number of methoxy groups -OCH3 is 1. The van der Waals surface area contributed by atoms with Gasteiger partial charge in [0.15, 0.2) is 0 Å². The number of carboxylic acid groups (broad SMARTS) is 1. The van der Waals surface area contributed by atoms with E-state index in [0.29, 0.717) is 0 Å². The second kappa shape index (κ2) is 6.75. The molecular weight excluding hydrogens is 250 g/mol. The van der Waals surface area contributed by atoms with Gasteiger partial charge in [0, 0.05) is 7.11 Å². The summed E-state index contributed by atoms with van der Waals surface area (Å²) in [6.45, 7) is 8.73. The maximum Gasteiger partial charge on any atom is 0.407 e. The molecule has 0 aromatic rings. The van der Waals surface area contributed by atoms with Crippen LogP contribution >= 0.6 is 0 Å². The average Bonchev–Trinajstić information content (AvgIpc) is 2.13. The highest BCUT2D eigenvalue weighted by atomic mass is 16.6. The molecule has 6 nitrogen and oxygen atoms in total. The Kier molecular flexibility index (Phi) is 6.29. The molecule has 0 fully saturated rings. The molecule has 112 valence electrons. The van der Waals surface area contributed by atoms with Gasteiger partial charge in [0.05, 0.1) is 18.1 Å². The van der Waals surface area contributed by atoms with E-state index >= 15 is 0 Å². The Balaban J connectivity index is 4.58. The number of alkyl carbamates (subject to hydrolysis) is 1. The Bertz CT molecular complexity index is 319. The van der Waals surface area contributed by atoms with Gasteiger partial charge in [0.2, 0.25) is 0 Å². The summed E-state index contributed by atoms with van der Waals surface area (Å²) in [4.78, 5) is 22.8. The molecule has 1 atom stereocenters. The molecule has 0 aromatic carbocycles. The highest BCUT2D eigenvalue weighted by Crippen LogP contribution is 2.23. The van der Waals surface area contributed by atoms with Crippen molar-refractivity contribution in [1.29, 1.82) is 0 Å². The number of amides is 1. The Morgan fingerprint density at radius 3 is 2.11 bits per heavy atom. The third-order valence-electron chi connectivity index (χ3n) is 2.42. The monoisotopic (exact) mass is 275 g/mol. The SMILES string of the molecule is COC[C@@H](CC(C)(C)C(=O)O)NC(=O)OC(C)(C)C. The lowest BCUT2D eigenvalue weighted by Crippen LogP contribution is -2.44. The fourth-order valence-electron chi connectivity index (χ4n) is 1.53. The van der Waals surface area contributed by atoms with Gasteiger partial charge in [-0.05, 0) is 41.0 Å². The van der Waals surface area contributed by atoms with Crippen LogP contribution in [0.3, 0.4) is 0 Å². The van der Waals surface area contributed by atoms with Crippen molar-refractivity contribution in [3.63, 3.8) is 0 Å². The lowest BCUT2D eigenvalue weighted by Gasteiger charge is -2.27. The maximum absolute atomic E-state index is 11.7. The third kappa shape index (κ3) is 7.66. The summed E-state index contributed by atoms with van der Waals surface area (Å²) in [7, 11) is 1.50. The fraction of sp³-hybridized carbons (Fsp3) is 0.846. The van der Waals surface area contributed by atoms with Crippen molar-refractivity contribution in [1.82, 2.24) is 5.32 Å². The molecule has 1 amide bonds. The smallest absolute Gasteiger partial charge is 0.407 e. The average molecular weight is 275 g/mol. The van der Waals surface area contributed by atoms with Crippen LogP contribution in [0.1, 0.15) is 41.0 Å². The third-order valence-corrected chi connectivity index (χ3v) is 2.42. The molecule has 0 spiro atoms. The van der Waals surface area contributed by atoms with Crippen LogP contribution in [0.5, 0.6) is 0 Å². The van der Waals surface area contributed by atoms with Crippen molar-refractivity contribution in [2.45, 2.75) is 52.7 Å². The van der Waals surface area contributed by atoms with Crippen molar-refractivity contribution in [2.24, 2.45) is 5.41 Å². The molecule has 0 saturated heterocycles. The van der Waals surface area contributed by atoms with Crippen LogP contribution in [0, 0.1) is 5.41 Å². The van der Waals surface area contributed by atoms with E-state index in [0.717, 1.165) is 0 Å². The first-order valence-electron chi connectivity index (χ1n) is 6.20. The first kappa shape index (κ1) is 17.7. The minimum Gasteiger partial charge on any atom is -0.481 e. The number of ether oxygens (including phenoxy) is 2. The summed E-state index contributed by atoms with van der Waals surface area (Å²) >= 11 is 0. The van der Waals surface area contributed by atoms with Crippen LogP contribution < -0.4 is 5.32 Å². The summed E-state index contributed by atoms with van der Waals surface area (Å²) in [5.74, 6) is -0.917. The first-order chi connectivity index (χ1) is 8.48. The molecule has 0 radical (unpaired) electrons. The van der Waals surface area contributed by atoms with E-state index in [1.807, 2.05) is 0 Å². The topological polar surface area (TPSA) is 84.9 Å². The molecule has 0 unspecified atom stereocenters. The van der Waals surface area contributed by atoms with Crippen molar-refractivity contribution in [3.8, 4) is 0 Å². The first-order valence-corrected chi connectivity index (χ1v) is 6.20. The van der Waals surface area contributed by atoms with E-state index < -0.39 is 29.1 Å². The zero-order valence-electron chi connectivity index (χ0n) is 12.6. The lowest BCUT2D eigenvalue weighted by atomic mass is 9.86. The van der Waals surface area contributed by atoms with E-state index in [-0.39, 0.29) is 13.0 Å². The molecule has 6 heteroatoms. The summed E-state index contributed by atoms with van der Waals surface area (Å²) < 4.78 is 10.1. The molecule has 0 aromatic heterocycles. The molecule has 0 rings (SSSR count). The summed E-state index contributed by atoms with van der Waals surface area (Å²) in [5.41, 5.74) is -1.54. The fourth-order valence-corrected chi connectivity index (χ4v) is 1.53. The zero-order valence-corrected chi connectivity index (χ0v) is 12.6. The van der Waals surface area contributed by atoms with E-state index in [1.54, 1.807) is 34.6 Å². The van der Waals surface area contributed by atoms with Gasteiger partial charge in [-0.25, -0.2) is 4.79 Å². The predicted octanol–water partition coefficient (Wildman–Crippen LogP) is 2.03. The molecule has 19 heavy (non-hydrogen) atoms. The van der Waals surface area contributed by atoms with Crippen LogP contribution in [-0.2, 0) is 14.3 Å². The number of nitrogens with one attached hydrogen (secondary N) is 1. The highest BCUT2D eigenvalue weighted by Gasteiger charge is 2.32. The maximum atomic E-state index is 11.7. The quantitative estimate of drug-likeness (QED) is 0.774. The van der Waals surface area contributed by atoms with Crippen molar-refractivity contribution in [2.75, 3.05) is 13.7 Å². The van der Waals surface area contributed by atoms with Gasteiger partial charge in [-0.2, -0.15) is 0 Å². The molecule has 2 N–H and O–H groups in total. The van der Waals surface area contributed by atoms with Crippen LogP contribution in [0.4, 0.5) is 4.79 Å². The van der Waals surface area contributed by atoms with Gasteiger partial charge < -0.3 is 19.9 Å². The zero-order chi connectivity index (χ0) is 15.3. The number of rotatable bonds is 6. The number of hydrogen-bond acceptors (Lipinski definition) is 4. The van der Waals surface area contributed by atoms with Crippen molar-refractivity contribution in [3.05, 3.63) is 0 Å². The van der Waals surface area contributed by atoms with Crippen molar-refractivity contribution < 1.29 is 24.2 Å². The minimum atomic E-state index is -0.946. The number of carbonyl (C=O) groups is 2. The van der Waals surface area contributed by atoms with Gasteiger partial charge in [0.25, 0.3) is 0 Å². The normalized spacial score (nSPS) is 13.8. The predicted molar refractivity (Wildman–Crippen MR) is 71.1 cm³/mol. The van der Waals surface area contributed by atoms with Gasteiger partial charge in [-0.1, -0.05) is 0 Å². The van der Waals surface area contributed by atoms with Gasteiger partial charge >= 0.3 is 12.1 Å². The Morgan fingerprint density at radius 2 is 1.74 bits per heavy atom. The second-order valence-electron chi connectivity index (χ2n) is 6.19. The van der Waals surface area contributed by atoms with E-state index in [1.165, 1.54) is 7.11 Å². The lowest BCUT2D eigenvalue weighted by molar-refractivity contribution is -0.147. The Morgan fingerprint density at radius 1 is 1.21 bits per heavy atom. The number of hydrogen-bond donors (Lipinski definition) is 2.